The fourth-order valence-electron chi connectivity index (χ4n) is 2.76. The Labute approximate surface area is 153 Å². The van der Waals surface area contributed by atoms with Crippen LogP contribution < -0.4 is 5.32 Å². The largest absolute Gasteiger partial charge is 0.359 e. The van der Waals surface area contributed by atoms with Crippen molar-refractivity contribution in [1.82, 2.24) is 15.4 Å². The molecule has 1 aliphatic carbocycles. The second-order valence-electron chi connectivity index (χ2n) is 7.28. The normalized spacial score (nSPS) is 13.7. The summed E-state index contributed by atoms with van der Waals surface area (Å²) < 4.78 is 5.30. The van der Waals surface area contributed by atoms with Crippen molar-refractivity contribution in [2.45, 2.75) is 33.2 Å². The van der Waals surface area contributed by atoms with E-state index < -0.39 is 0 Å². The van der Waals surface area contributed by atoms with Crippen LogP contribution in [-0.4, -0.2) is 35.0 Å². The average molecular weight is 355 g/mol. The number of amides is 2. The Hall–Kier alpha value is -2.63. The SMILES string of the molecule is CC(C)CN(Cc1cc(C(=O)NCC2CC2)no1)C(=O)c1ccccc1. The average Bonchev–Trinajstić information content (AvgIpc) is 3.35. The summed E-state index contributed by atoms with van der Waals surface area (Å²) in [4.78, 5) is 26.6. The zero-order chi connectivity index (χ0) is 18.5. The monoisotopic (exact) mass is 355 g/mol. The van der Waals surface area contributed by atoms with E-state index >= 15 is 0 Å². The molecule has 0 unspecified atom stereocenters. The van der Waals surface area contributed by atoms with Crippen LogP contribution in [0.15, 0.2) is 40.9 Å². The molecule has 1 heterocycles. The van der Waals surface area contributed by atoms with Crippen LogP contribution >= 0.6 is 0 Å². The predicted octanol–water partition coefficient (Wildman–Crippen LogP) is 3.11. The van der Waals surface area contributed by atoms with Crippen molar-refractivity contribution in [3.8, 4) is 0 Å². The van der Waals surface area contributed by atoms with Gasteiger partial charge in [-0.2, -0.15) is 0 Å². The van der Waals surface area contributed by atoms with Gasteiger partial charge >= 0.3 is 0 Å². The van der Waals surface area contributed by atoms with Crippen molar-refractivity contribution in [3.05, 3.63) is 53.4 Å². The number of nitrogens with one attached hydrogen (secondary N) is 1. The lowest BCUT2D eigenvalue weighted by molar-refractivity contribution is 0.0705. The standard InChI is InChI=1S/C20H25N3O3/c1-14(2)12-23(20(25)16-6-4-3-5-7-16)13-17-10-18(22-26-17)19(24)21-11-15-8-9-15/h3-7,10,14-15H,8-9,11-13H2,1-2H3,(H,21,24). The highest BCUT2D eigenvalue weighted by Crippen LogP contribution is 2.27. The molecule has 0 atom stereocenters. The van der Waals surface area contributed by atoms with Gasteiger partial charge in [0.05, 0.1) is 6.54 Å². The molecular formula is C20H25N3O3. The third-order valence-electron chi connectivity index (χ3n) is 4.28. The molecule has 2 aromatic rings. The zero-order valence-corrected chi connectivity index (χ0v) is 15.3. The fourth-order valence-corrected chi connectivity index (χ4v) is 2.76. The summed E-state index contributed by atoms with van der Waals surface area (Å²) in [6.07, 6.45) is 2.35. The number of carbonyl (C=O) groups excluding carboxylic acids is 2. The van der Waals surface area contributed by atoms with E-state index in [0.717, 1.165) is 0 Å². The summed E-state index contributed by atoms with van der Waals surface area (Å²) in [6, 6.07) is 10.8. The van der Waals surface area contributed by atoms with Crippen LogP contribution in [0.3, 0.4) is 0 Å². The molecule has 26 heavy (non-hydrogen) atoms. The number of aromatic nitrogens is 1. The smallest absolute Gasteiger partial charge is 0.273 e. The lowest BCUT2D eigenvalue weighted by atomic mass is 10.1. The molecule has 0 saturated heterocycles. The van der Waals surface area contributed by atoms with Crippen molar-refractivity contribution in [1.29, 1.82) is 0 Å². The molecule has 0 spiro atoms. The lowest BCUT2D eigenvalue weighted by Crippen LogP contribution is -2.33. The van der Waals surface area contributed by atoms with Gasteiger partial charge in [0.2, 0.25) is 0 Å². The van der Waals surface area contributed by atoms with E-state index in [4.69, 9.17) is 4.52 Å². The van der Waals surface area contributed by atoms with Crippen LogP contribution in [-0.2, 0) is 6.54 Å². The molecule has 1 aromatic carbocycles. The van der Waals surface area contributed by atoms with Crippen molar-refractivity contribution in [3.63, 3.8) is 0 Å². The number of hydrogen-bond acceptors (Lipinski definition) is 4. The van der Waals surface area contributed by atoms with Gasteiger partial charge in [0, 0.05) is 24.7 Å². The van der Waals surface area contributed by atoms with Crippen molar-refractivity contribution in [2.75, 3.05) is 13.1 Å². The maximum atomic E-state index is 12.8. The Morgan fingerprint density at radius 3 is 2.65 bits per heavy atom. The summed E-state index contributed by atoms with van der Waals surface area (Å²) in [7, 11) is 0. The Morgan fingerprint density at radius 2 is 2.00 bits per heavy atom. The van der Waals surface area contributed by atoms with Gasteiger partial charge in [0.25, 0.3) is 11.8 Å². The summed E-state index contributed by atoms with van der Waals surface area (Å²) >= 11 is 0. The maximum absolute atomic E-state index is 12.8. The first-order valence-electron chi connectivity index (χ1n) is 9.11. The van der Waals surface area contributed by atoms with Gasteiger partial charge in [-0.25, -0.2) is 0 Å². The number of rotatable bonds is 8. The topological polar surface area (TPSA) is 75.4 Å². The fraction of sp³-hybridized carbons (Fsp3) is 0.450. The molecule has 2 amide bonds. The highest BCUT2D eigenvalue weighted by Gasteiger charge is 2.24. The number of hydrogen-bond donors (Lipinski definition) is 1. The Kier molecular flexibility index (Phi) is 5.71. The first-order chi connectivity index (χ1) is 12.5. The zero-order valence-electron chi connectivity index (χ0n) is 15.3. The molecule has 6 heteroatoms. The molecule has 1 saturated carbocycles. The summed E-state index contributed by atoms with van der Waals surface area (Å²) in [6.45, 7) is 5.68. The van der Waals surface area contributed by atoms with Gasteiger partial charge in [-0.1, -0.05) is 37.2 Å². The summed E-state index contributed by atoms with van der Waals surface area (Å²) in [5.41, 5.74) is 0.896. The molecule has 1 fully saturated rings. The minimum Gasteiger partial charge on any atom is -0.359 e. The van der Waals surface area contributed by atoms with Crippen molar-refractivity contribution in [2.24, 2.45) is 11.8 Å². The second kappa shape index (κ2) is 8.17. The highest BCUT2D eigenvalue weighted by molar-refractivity contribution is 5.94. The third-order valence-corrected chi connectivity index (χ3v) is 4.28. The molecule has 1 aliphatic rings. The first-order valence-corrected chi connectivity index (χ1v) is 9.11. The van der Waals surface area contributed by atoms with Crippen LogP contribution in [0, 0.1) is 11.8 Å². The van der Waals surface area contributed by atoms with E-state index in [1.807, 2.05) is 18.2 Å². The van der Waals surface area contributed by atoms with Gasteiger partial charge in [-0.3, -0.25) is 9.59 Å². The molecule has 0 radical (unpaired) electrons. The number of nitrogens with zero attached hydrogens (tertiary/aromatic N) is 2. The second-order valence-corrected chi connectivity index (χ2v) is 7.28. The van der Waals surface area contributed by atoms with E-state index in [2.05, 4.69) is 24.3 Å². The quantitative estimate of drug-likeness (QED) is 0.789. The number of benzene rings is 1. The van der Waals surface area contributed by atoms with Gasteiger partial charge in [0.15, 0.2) is 11.5 Å². The first kappa shape index (κ1) is 18.2. The molecule has 0 aliphatic heterocycles. The third kappa shape index (κ3) is 4.94. The van der Waals surface area contributed by atoms with E-state index in [-0.39, 0.29) is 24.1 Å². The van der Waals surface area contributed by atoms with E-state index in [1.165, 1.54) is 12.8 Å². The van der Waals surface area contributed by atoms with Crippen molar-refractivity contribution < 1.29 is 14.1 Å². The minimum absolute atomic E-state index is 0.0598. The minimum atomic E-state index is -0.225. The maximum Gasteiger partial charge on any atom is 0.273 e. The Balaban J connectivity index is 1.66. The van der Waals surface area contributed by atoms with E-state index in [1.54, 1.807) is 23.1 Å². The lowest BCUT2D eigenvalue weighted by Gasteiger charge is -2.23. The van der Waals surface area contributed by atoms with E-state index in [9.17, 15) is 9.59 Å². The summed E-state index contributed by atoms with van der Waals surface area (Å²) in [5, 5.41) is 6.72. The predicted molar refractivity (Wildman–Crippen MR) is 97.6 cm³/mol. The van der Waals surface area contributed by atoms with Crippen LogP contribution in [0.5, 0.6) is 0 Å². The molecule has 138 valence electrons. The highest BCUT2D eigenvalue weighted by atomic mass is 16.5. The van der Waals surface area contributed by atoms with Gasteiger partial charge in [-0.15, -0.1) is 0 Å². The molecule has 3 rings (SSSR count). The van der Waals surface area contributed by atoms with Crippen molar-refractivity contribution >= 4 is 11.8 Å². The number of carbonyl (C=O) groups is 2. The van der Waals surface area contributed by atoms with Crippen LogP contribution in [0.2, 0.25) is 0 Å². The van der Waals surface area contributed by atoms with Gasteiger partial charge in [-0.05, 0) is 36.8 Å². The van der Waals surface area contributed by atoms with E-state index in [0.29, 0.717) is 36.2 Å². The van der Waals surface area contributed by atoms with Crippen LogP contribution in [0.25, 0.3) is 0 Å². The molecule has 6 nitrogen and oxygen atoms in total. The Bertz CT molecular complexity index is 751. The van der Waals surface area contributed by atoms with Crippen LogP contribution in [0.1, 0.15) is 53.3 Å². The van der Waals surface area contributed by atoms with Crippen LogP contribution in [0.4, 0.5) is 0 Å². The molecule has 0 bridgehead atoms. The Morgan fingerprint density at radius 1 is 1.27 bits per heavy atom. The molecule has 1 aromatic heterocycles. The molecular weight excluding hydrogens is 330 g/mol. The van der Waals surface area contributed by atoms with Gasteiger partial charge in [0.1, 0.15) is 0 Å². The van der Waals surface area contributed by atoms with Gasteiger partial charge < -0.3 is 14.7 Å². The summed E-state index contributed by atoms with van der Waals surface area (Å²) in [5.74, 6) is 1.14. The molecule has 1 N–H and O–H groups in total.